The highest BCUT2D eigenvalue weighted by atomic mass is 16.5. The number of aryl methyl sites for hydroxylation is 2. The first-order valence-electron chi connectivity index (χ1n) is 12.6. The van der Waals surface area contributed by atoms with Crippen LogP contribution < -0.4 is 5.32 Å². The Hall–Kier alpha value is -3.81. The number of carbonyl (C=O) groups is 3. The van der Waals surface area contributed by atoms with Gasteiger partial charge in [0.1, 0.15) is 5.78 Å². The van der Waals surface area contributed by atoms with Gasteiger partial charge in [0.15, 0.2) is 0 Å². The molecule has 7 heteroatoms. The number of ether oxygens (including phenoxy) is 1. The number of esters is 1. The highest BCUT2D eigenvalue weighted by molar-refractivity contribution is 5.89. The Bertz CT molecular complexity index is 1140. The van der Waals surface area contributed by atoms with Crippen LogP contribution in [0, 0.1) is 0 Å². The SMILES string of the molecule is CC(=O)CCc1ccc(C(=O)O)cc1.COC(=O)c1ccc(CCC(C)NCC(O)c2ccccc2)cc1. The lowest BCUT2D eigenvalue weighted by Gasteiger charge is -2.17. The third-order valence-corrected chi connectivity index (χ3v) is 6.05. The van der Waals surface area contributed by atoms with Gasteiger partial charge in [0.25, 0.3) is 0 Å². The summed E-state index contributed by atoms with van der Waals surface area (Å²) in [4.78, 5) is 32.6. The molecule has 38 heavy (non-hydrogen) atoms. The van der Waals surface area contributed by atoms with Gasteiger partial charge in [0.05, 0.1) is 24.3 Å². The second-order valence-corrected chi connectivity index (χ2v) is 9.17. The molecule has 3 rings (SSSR count). The Balaban J connectivity index is 0.000000308. The average molecular weight is 520 g/mol. The van der Waals surface area contributed by atoms with Crippen molar-refractivity contribution in [3.8, 4) is 0 Å². The molecular weight excluding hydrogens is 482 g/mol. The number of Topliss-reactive ketones (excluding diaryl/α,β-unsaturated/α-hetero) is 1. The summed E-state index contributed by atoms with van der Waals surface area (Å²) in [5.74, 6) is -1.10. The van der Waals surface area contributed by atoms with E-state index in [2.05, 4.69) is 12.2 Å². The van der Waals surface area contributed by atoms with E-state index in [1.54, 1.807) is 43.3 Å². The van der Waals surface area contributed by atoms with Crippen molar-refractivity contribution in [2.24, 2.45) is 0 Å². The first-order valence-corrected chi connectivity index (χ1v) is 12.6. The maximum Gasteiger partial charge on any atom is 0.337 e. The van der Waals surface area contributed by atoms with Gasteiger partial charge in [-0.1, -0.05) is 54.6 Å². The number of carboxylic acids is 1. The largest absolute Gasteiger partial charge is 0.478 e. The van der Waals surface area contributed by atoms with E-state index in [-0.39, 0.29) is 17.3 Å². The maximum absolute atomic E-state index is 11.4. The summed E-state index contributed by atoms with van der Waals surface area (Å²) in [6, 6.07) is 24.0. The molecule has 0 bridgehead atoms. The summed E-state index contributed by atoms with van der Waals surface area (Å²) in [7, 11) is 1.38. The van der Waals surface area contributed by atoms with Crippen molar-refractivity contribution in [1.29, 1.82) is 0 Å². The number of carbonyl (C=O) groups excluding carboxylic acids is 2. The van der Waals surface area contributed by atoms with Crippen LogP contribution in [-0.4, -0.2) is 47.6 Å². The molecule has 3 N–H and O–H groups in total. The molecule has 202 valence electrons. The number of aliphatic hydroxyl groups excluding tert-OH is 1. The minimum atomic E-state index is -0.928. The fraction of sp³-hybridized carbons (Fsp3) is 0.323. The number of nitrogens with one attached hydrogen (secondary N) is 1. The Morgan fingerprint density at radius 2 is 1.39 bits per heavy atom. The third-order valence-electron chi connectivity index (χ3n) is 6.05. The molecule has 2 atom stereocenters. The molecule has 0 aliphatic heterocycles. The lowest BCUT2D eigenvalue weighted by Crippen LogP contribution is -2.30. The number of ketones is 1. The van der Waals surface area contributed by atoms with Crippen molar-refractivity contribution >= 4 is 17.7 Å². The van der Waals surface area contributed by atoms with Crippen LogP contribution in [0.3, 0.4) is 0 Å². The van der Waals surface area contributed by atoms with Crippen molar-refractivity contribution in [1.82, 2.24) is 5.32 Å². The lowest BCUT2D eigenvalue weighted by atomic mass is 10.0. The van der Waals surface area contributed by atoms with Crippen LogP contribution >= 0.6 is 0 Å². The van der Waals surface area contributed by atoms with Crippen molar-refractivity contribution < 1.29 is 29.3 Å². The van der Waals surface area contributed by atoms with E-state index in [4.69, 9.17) is 9.84 Å². The average Bonchev–Trinajstić information content (AvgIpc) is 2.94. The summed E-state index contributed by atoms with van der Waals surface area (Å²) in [6.45, 7) is 4.19. The summed E-state index contributed by atoms with van der Waals surface area (Å²) in [5, 5.41) is 22.2. The molecule has 3 aromatic carbocycles. The summed E-state index contributed by atoms with van der Waals surface area (Å²) >= 11 is 0. The number of aliphatic hydroxyl groups is 1. The Morgan fingerprint density at radius 3 is 1.92 bits per heavy atom. The van der Waals surface area contributed by atoms with Crippen molar-refractivity contribution in [2.45, 2.75) is 51.7 Å². The van der Waals surface area contributed by atoms with Crippen LogP contribution in [0.5, 0.6) is 0 Å². The normalized spacial score (nSPS) is 12.0. The fourth-order valence-corrected chi connectivity index (χ4v) is 3.65. The lowest BCUT2D eigenvalue weighted by molar-refractivity contribution is -0.116. The summed E-state index contributed by atoms with van der Waals surface area (Å²) in [5.41, 5.74) is 3.94. The first kappa shape index (κ1) is 30.4. The summed E-state index contributed by atoms with van der Waals surface area (Å²) < 4.78 is 4.69. The maximum atomic E-state index is 11.4. The number of aromatic carboxylic acids is 1. The molecule has 0 radical (unpaired) electrons. The number of hydrogen-bond acceptors (Lipinski definition) is 6. The zero-order chi connectivity index (χ0) is 27.9. The number of methoxy groups -OCH3 is 1. The van der Waals surface area contributed by atoms with E-state index >= 15 is 0 Å². The molecule has 0 aliphatic rings. The zero-order valence-electron chi connectivity index (χ0n) is 22.2. The predicted molar refractivity (Wildman–Crippen MR) is 147 cm³/mol. The van der Waals surface area contributed by atoms with Crippen LogP contribution in [0.25, 0.3) is 0 Å². The molecule has 0 saturated heterocycles. The van der Waals surface area contributed by atoms with Gasteiger partial charge in [-0.15, -0.1) is 0 Å². The van der Waals surface area contributed by atoms with Gasteiger partial charge in [0, 0.05) is 19.0 Å². The van der Waals surface area contributed by atoms with Crippen LogP contribution in [0.15, 0.2) is 78.9 Å². The van der Waals surface area contributed by atoms with Gasteiger partial charge < -0.3 is 25.1 Å². The molecule has 0 aromatic heterocycles. The van der Waals surface area contributed by atoms with Crippen molar-refractivity contribution in [3.63, 3.8) is 0 Å². The number of benzene rings is 3. The molecular formula is C31H37NO6. The first-order chi connectivity index (χ1) is 18.2. The van der Waals surface area contributed by atoms with E-state index in [1.807, 2.05) is 42.5 Å². The standard InChI is InChI=1S/C20H25NO3.C11H12O3/c1-15(21-14-19(22)17-6-4-3-5-7-17)8-9-16-10-12-18(13-11-16)20(23)24-2;1-8(12)2-3-9-4-6-10(7-5-9)11(13)14/h3-7,10-13,15,19,21-22H,8-9,14H2,1-2H3;4-7H,2-3H2,1H3,(H,13,14). The van der Waals surface area contributed by atoms with E-state index < -0.39 is 12.1 Å². The molecule has 3 aromatic rings. The van der Waals surface area contributed by atoms with Gasteiger partial charge in [-0.25, -0.2) is 9.59 Å². The van der Waals surface area contributed by atoms with Gasteiger partial charge in [0.2, 0.25) is 0 Å². The van der Waals surface area contributed by atoms with Crippen molar-refractivity contribution in [2.75, 3.05) is 13.7 Å². The third kappa shape index (κ3) is 11.1. The Kier molecular flexibility index (Phi) is 12.9. The van der Waals surface area contributed by atoms with Gasteiger partial charge in [-0.05, 0) is 74.1 Å². The van der Waals surface area contributed by atoms with Gasteiger partial charge >= 0.3 is 11.9 Å². The smallest absolute Gasteiger partial charge is 0.337 e. The number of hydrogen-bond donors (Lipinski definition) is 3. The molecule has 2 unspecified atom stereocenters. The Labute approximate surface area is 224 Å². The zero-order valence-corrected chi connectivity index (χ0v) is 22.2. The van der Waals surface area contributed by atoms with Crippen LogP contribution in [0.4, 0.5) is 0 Å². The van der Waals surface area contributed by atoms with Crippen LogP contribution in [0.1, 0.15) is 70.2 Å². The second kappa shape index (κ2) is 16.1. The number of carboxylic acid groups (broad SMARTS) is 1. The molecule has 0 saturated carbocycles. The number of rotatable bonds is 12. The van der Waals surface area contributed by atoms with Crippen LogP contribution in [0.2, 0.25) is 0 Å². The highest BCUT2D eigenvalue weighted by Crippen LogP contribution is 2.13. The minimum absolute atomic E-state index is 0.146. The fourth-order valence-electron chi connectivity index (χ4n) is 3.65. The van der Waals surface area contributed by atoms with Gasteiger partial charge in [-0.3, -0.25) is 0 Å². The molecule has 7 nitrogen and oxygen atoms in total. The van der Waals surface area contributed by atoms with Crippen molar-refractivity contribution in [3.05, 3.63) is 107 Å². The molecule has 0 fully saturated rings. The minimum Gasteiger partial charge on any atom is -0.478 e. The van der Waals surface area contributed by atoms with E-state index in [1.165, 1.54) is 12.7 Å². The van der Waals surface area contributed by atoms with E-state index in [0.29, 0.717) is 31.0 Å². The molecule has 0 amide bonds. The Morgan fingerprint density at radius 1 is 0.842 bits per heavy atom. The van der Waals surface area contributed by atoms with E-state index in [9.17, 15) is 19.5 Å². The highest BCUT2D eigenvalue weighted by Gasteiger charge is 2.10. The molecule has 0 heterocycles. The van der Waals surface area contributed by atoms with E-state index in [0.717, 1.165) is 24.0 Å². The molecule has 0 aliphatic carbocycles. The monoisotopic (exact) mass is 519 g/mol. The second-order valence-electron chi connectivity index (χ2n) is 9.17. The van der Waals surface area contributed by atoms with Gasteiger partial charge in [-0.2, -0.15) is 0 Å². The topological polar surface area (TPSA) is 113 Å². The predicted octanol–water partition coefficient (Wildman–Crippen LogP) is 5.02. The van der Waals surface area contributed by atoms with Crippen LogP contribution in [-0.2, 0) is 22.4 Å². The summed E-state index contributed by atoms with van der Waals surface area (Å²) in [6.07, 6.45) is 2.56. The molecule has 0 spiro atoms. The quantitative estimate of drug-likeness (QED) is 0.288.